The van der Waals surface area contributed by atoms with Crippen LogP contribution in [0.4, 0.5) is 0 Å². The second-order valence-corrected chi connectivity index (χ2v) is 2.66. The van der Waals surface area contributed by atoms with Gasteiger partial charge < -0.3 is 5.11 Å². The fourth-order valence-corrected chi connectivity index (χ4v) is 0.327. The molecule has 0 aliphatic heterocycles. The van der Waals surface area contributed by atoms with Crippen LogP contribution >= 0.6 is 16.1 Å². The van der Waals surface area contributed by atoms with Crippen molar-refractivity contribution in [2.24, 2.45) is 0 Å². The van der Waals surface area contributed by atoms with Crippen LogP contribution in [0.2, 0.25) is 0 Å². The smallest absolute Gasteiger partial charge is 0.321 e. The van der Waals surface area contributed by atoms with E-state index in [1.165, 1.54) is 3.93 Å². The van der Waals surface area contributed by atoms with Gasteiger partial charge in [0.1, 0.15) is 6.04 Å². The predicted octanol–water partition coefficient (Wildman–Crippen LogP) is 0.701. The van der Waals surface area contributed by atoms with Crippen LogP contribution in [0.3, 0.4) is 0 Å². The van der Waals surface area contributed by atoms with Crippen molar-refractivity contribution in [2.45, 2.75) is 13.0 Å². The number of carboxylic acid groups (broad SMARTS) is 1. The lowest BCUT2D eigenvalue weighted by molar-refractivity contribution is -0.140. The maximum absolute atomic E-state index is 10.1. The Hall–Kier alpha value is -0.0900. The Kier molecular flexibility index (Phi) is 3.01. The molecule has 0 bridgehead atoms. The zero-order valence-corrected chi connectivity index (χ0v) is 6.34. The minimum atomic E-state index is -0.829. The molecular weight excluding hydrogens is 174 g/mol. The van der Waals surface area contributed by atoms with E-state index in [4.69, 9.17) is 5.11 Å². The first-order valence-corrected chi connectivity index (χ1v) is 2.88. The number of rotatable bonds is 2. The van der Waals surface area contributed by atoms with Gasteiger partial charge >= 0.3 is 5.97 Å². The van der Waals surface area contributed by atoms with Crippen LogP contribution in [0, 0.1) is 0 Å². The van der Waals surface area contributed by atoms with Crippen molar-refractivity contribution in [2.75, 3.05) is 7.05 Å². The largest absolute Gasteiger partial charge is 0.480 e. The van der Waals surface area contributed by atoms with Crippen molar-refractivity contribution >= 4 is 22.1 Å². The molecular formula is C4H8BrNO2. The third kappa shape index (κ3) is 2.28. The summed E-state index contributed by atoms with van der Waals surface area (Å²) in [6.45, 7) is 1.59. The number of likely N-dealkylation sites (N-methyl/N-ethyl adjacent to an activating group) is 1. The van der Waals surface area contributed by atoms with Gasteiger partial charge in [0, 0.05) is 16.1 Å². The van der Waals surface area contributed by atoms with E-state index >= 15 is 0 Å². The van der Waals surface area contributed by atoms with Crippen LogP contribution in [-0.4, -0.2) is 28.1 Å². The molecule has 0 unspecified atom stereocenters. The Morgan fingerprint density at radius 1 is 1.88 bits per heavy atom. The predicted molar refractivity (Wildman–Crippen MR) is 33.8 cm³/mol. The fraction of sp³-hybridized carbons (Fsp3) is 0.750. The average Bonchev–Trinajstić information content (AvgIpc) is 1.64. The van der Waals surface area contributed by atoms with E-state index in [1.807, 2.05) is 0 Å². The molecule has 0 fully saturated rings. The van der Waals surface area contributed by atoms with E-state index < -0.39 is 12.0 Å². The van der Waals surface area contributed by atoms with Crippen molar-refractivity contribution in [1.82, 2.24) is 3.93 Å². The van der Waals surface area contributed by atoms with Gasteiger partial charge in [0.05, 0.1) is 0 Å². The van der Waals surface area contributed by atoms with Crippen LogP contribution < -0.4 is 0 Å². The van der Waals surface area contributed by atoms with Crippen molar-refractivity contribution < 1.29 is 9.90 Å². The summed E-state index contributed by atoms with van der Waals surface area (Å²) in [4.78, 5) is 10.1. The number of hydrogen-bond donors (Lipinski definition) is 1. The van der Waals surface area contributed by atoms with E-state index in [9.17, 15) is 4.79 Å². The molecule has 0 radical (unpaired) electrons. The third-order valence-electron chi connectivity index (χ3n) is 0.891. The molecule has 0 rings (SSSR count). The summed E-state index contributed by atoms with van der Waals surface area (Å²) in [5.74, 6) is -0.829. The van der Waals surface area contributed by atoms with E-state index in [0.717, 1.165) is 0 Å². The lowest BCUT2D eigenvalue weighted by atomic mass is 10.4. The molecule has 48 valence electrons. The first kappa shape index (κ1) is 7.91. The topological polar surface area (TPSA) is 40.5 Å². The Bertz CT molecular complexity index is 94.0. The van der Waals surface area contributed by atoms with Gasteiger partial charge in [0.2, 0.25) is 0 Å². The first-order chi connectivity index (χ1) is 3.55. The minimum Gasteiger partial charge on any atom is -0.480 e. The van der Waals surface area contributed by atoms with E-state index in [-0.39, 0.29) is 0 Å². The standard InChI is InChI=1S/C4H8BrNO2/c1-3(4(7)8)6(2)5/h3H,1-2H3,(H,7,8)/t3-/m0/s1. The van der Waals surface area contributed by atoms with Crippen molar-refractivity contribution in [3.05, 3.63) is 0 Å². The molecule has 0 aromatic rings. The monoisotopic (exact) mass is 181 g/mol. The van der Waals surface area contributed by atoms with Crippen LogP contribution in [0.5, 0.6) is 0 Å². The van der Waals surface area contributed by atoms with Gasteiger partial charge in [-0.3, -0.25) is 4.79 Å². The minimum absolute atomic E-state index is 0.463. The molecule has 0 aromatic carbocycles. The average molecular weight is 182 g/mol. The fourth-order valence-electron chi connectivity index (χ4n) is 0.152. The lowest BCUT2D eigenvalue weighted by Crippen LogP contribution is -2.28. The quantitative estimate of drug-likeness (QED) is 0.639. The maximum atomic E-state index is 10.1. The van der Waals surface area contributed by atoms with Crippen molar-refractivity contribution in [1.29, 1.82) is 0 Å². The molecule has 0 saturated heterocycles. The summed E-state index contributed by atoms with van der Waals surface area (Å²) in [6.07, 6.45) is 0. The summed E-state index contributed by atoms with van der Waals surface area (Å²) in [6, 6.07) is -0.463. The summed E-state index contributed by atoms with van der Waals surface area (Å²) in [7, 11) is 1.65. The van der Waals surface area contributed by atoms with Gasteiger partial charge in [-0.1, -0.05) is 0 Å². The summed E-state index contributed by atoms with van der Waals surface area (Å²) < 4.78 is 1.45. The van der Waals surface area contributed by atoms with Gasteiger partial charge in [-0.2, -0.15) is 0 Å². The third-order valence-corrected chi connectivity index (χ3v) is 1.51. The summed E-state index contributed by atoms with van der Waals surface area (Å²) in [5.41, 5.74) is 0. The van der Waals surface area contributed by atoms with Gasteiger partial charge in [0.25, 0.3) is 0 Å². The Morgan fingerprint density at radius 3 is 2.25 bits per heavy atom. The van der Waals surface area contributed by atoms with Gasteiger partial charge in [-0.05, 0) is 14.0 Å². The lowest BCUT2D eigenvalue weighted by Gasteiger charge is -2.10. The Balaban J connectivity index is 3.64. The van der Waals surface area contributed by atoms with Gasteiger partial charge in [0.15, 0.2) is 0 Å². The molecule has 0 heterocycles. The second-order valence-electron chi connectivity index (χ2n) is 1.54. The Labute approximate surface area is 56.6 Å². The molecule has 0 amide bonds. The molecule has 0 saturated carbocycles. The molecule has 1 atom stereocenters. The van der Waals surface area contributed by atoms with Crippen LogP contribution in [-0.2, 0) is 4.79 Å². The van der Waals surface area contributed by atoms with Crippen LogP contribution in [0.15, 0.2) is 0 Å². The van der Waals surface area contributed by atoms with E-state index in [0.29, 0.717) is 0 Å². The second kappa shape index (κ2) is 3.04. The zero-order valence-electron chi connectivity index (χ0n) is 4.76. The summed E-state index contributed by atoms with van der Waals surface area (Å²) >= 11 is 2.99. The number of carbonyl (C=O) groups is 1. The molecule has 0 aliphatic rings. The van der Waals surface area contributed by atoms with Gasteiger partial charge in [-0.15, -0.1) is 0 Å². The SMILES string of the molecule is C[C@@H](C(=O)O)N(C)Br. The zero-order chi connectivity index (χ0) is 6.73. The summed E-state index contributed by atoms with van der Waals surface area (Å²) in [5, 5.41) is 8.28. The van der Waals surface area contributed by atoms with Crippen LogP contribution in [0.25, 0.3) is 0 Å². The number of halogens is 1. The van der Waals surface area contributed by atoms with Crippen LogP contribution in [0.1, 0.15) is 6.92 Å². The molecule has 0 aromatic heterocycles. The Morgan fingerprint density at radius 2 is 2.25 bits per heavy atom. The molecule has 8 heavy (non-hydrogen) atoms. The van der Waals surface area contributed by atoms with E-state index in [1.54, 1.807) is 14.0 Å². The highest BCUT2D eigenvalue weighted by Gasteiger charge is 2.12. The number of hydrogen-bond acceptors (Lipinski definition) is 2. The molecule has 1 N–H and O–H groups in total. The number of nitrogens with zero attached hydrogens (tertiary/aromatic N) is 1. The maximum Gasteiger partial charge on any atom is 0.321 e. The molecule has 0 aliphatic carbocycles. The molecule has 0 spiro atoms. The first-order valence-electron chi connectivity index (χ1n) is 2.17. The number of aliphatic carboxylic acids is 1. The van der Waals surface area contributed by atoms with Crippen molar-refractivity contribution in [3.8, 4) is 0 Å². The van der Waals surface area contributed by atoms with Gasteiger partial charge in [-0.25, -0.2) is 3.93 Å². The normalized spacial score (nSPS) is 14.0. The number of carboxylic acids is 1. The van der Waals surface area contributed by atoms with Crippen molar-refractivity contribution in [3.63, 3.8) is 0 Å². The van der Waals surface area contributed by atoms with E-state index in [2.05, 4.69) is 16.1 Å². The highest BCUT2D eigenvalue weighted by molar-refractivity contribution is 9.07. The highest BCUT2D eigenvalue weighted by atomic mass is 79.9. The molecule has 4 heteroatoms. The highest BCUT2D eigenvalue weighted by Crippen LogP contribution is 1.99. The molecule has 3 nitrogen and oxygen atoms in total.